The Hall–Kier alpha value is -1.25. The third-order valence-electron chi connectivity index (χ3n) is 3.82. The summed E-state index contributed by atoms with van der Waals surface area (Å²) in [6, 6.07) is 0. The Labute approximate surface area is 187 Å². The molecule has 1 aromatic rings. The van der Waals surface area contributed by atoms with Crippen molar-refractivity contribution in [3.05, 3.63) is 22.5 Å². The van der Waals surface area contributed by atoms with Crippen LogP contribution in [0, 0.1) is 17.1 Å². The minimum absolute atomic E-state index is 0.459. The van der Waals surface area contributed by atoms with Crippen molar-refractivity contribution >= 4 is 40.9 Å². The Balaban J connectivity index is 2.27. The van der Waals surface area contributed by atoms with E-state index >= 15 is 0 Å². The highest BCUT2D eigenvalue weighted by atomic mass is 35.5. The number of phosphoric ester groups is 1. The topological polar surface area (TPSA) is 276 Å². The number of aromatic nitrogens is 2. The summed E-state index contributed by atoms with van der Waals surface area (Å²) in [6.07, 6.45) is -4.95. The van der Waals surface area contributed by atoms with Crippen LogP contribution in [-0.2, 0) is 31.6 Å². The maximum Gasteiger partial charge on any atom is 0.490 e. The second-order valence-corrected chi connectivity index (χ2v) is 10.8. The number of nitrogens with zero attached hydrogens (tertiary/aromatic N) is 2. The van der Waals surface area contributed by atoms with Crippen molar-refractivity contribution in [1.29, 1.82) is 0 Å². The minimum Gasteiger partial charge on any atom is -0.387 e. The van der Waals surface area contributed by atoms with Gasteiger partial charge in [-0.25, -0.2) is 22.9 Å². The molecular weight excluding hydrogens is 544 g/mol. The fraction of sp³-hybridized carbons (Fsp3) is 0.455. The van der Waals surface area contributed by atoms with E-state index in [1.54, 1.807) is 0 Å². The first-order valence-electron chi connectivity index (χ1n) is 7.98. The van der Waals surface area contributed by atoms with Crippen molar-refractivity contribution in [2.24, 2.45) is 5.73 Å². The number of ether oxygens (including phenoxy) is 1. The molecule has 0 radical (unpaired) electrons. The molecule has 0 aliphatic carbocycles. The summed E-state index contributed by atoms with van der Waals surface area (Å²) in [7, 11) is -17.0. The number of nitrogen functional groups attached to an aromatic ring is 1. The quantitative estimate of drug-likeness (QED) is 0.141. The lowest BCUT2D eigenvalue weighted by atomic mass is 9.92. The summed E-state index contributed by atoms with van der Waals surface area (Å²) in [5.74, 6) is 0.205. The molecule has 186 valence electrons. The van der Waals surface area contributed by atoms with Crippen LogP contribution in [0.15, 0.2) is 11.0 Å². The summed E-state index contributed by atoms with van der Waals surface area (Å²) in [4.78, 5) is 50.9. The zero-order valence-corrected chi connectivity index (χ0v) is 19.1. The average Bonchev–Trinajstić information content (AvgIpc) is 2.85. The van der Waals surface area contributed by atoms with Crippen molar-refractivity contribution in [3.63, 3.8) is 0 Å². The van der Waals surface area contributed by atoms with Crippen LogP contribution in [0.2, 0.25) is 0 Å². The van der Waals surface area contributed by atoms with Crippen molar-refractivity contribution in [2.45, 2.75) is 24.0 Å². The highest BCUT2D eigenvalue weighted by Crippen LogP contribution is 2.66. The summed E-state index contributed by atoms with van der Waals surface area (Å²) in [5.41, 5.74) is 7.71. The summed E-state index contributed by atoms with van der Waals surface area (Å²) in [5, 5.41) is 12.3. The van der Waals surface area contributed by atoms with Crippen LogP contribution in [0.5, 0.6) is 0 Å². The molecule has 0 spiro atoms. The van der Waals surface area contributed by atoms with Crippen LogP contribution in [0.4, 0.5) is 10.2 Å². The first kappa shape index (κ1) is 28.0. The monoisotopic (exact) mass is 558 g/mol. The van der Waals surface area contributed by atoms with E-state index in [2.05, 4.69) is 24.0 Å². The van der Waals surface area contributed by atoms with Gasteiger partial charge in [0.05, 0.1) is 12.8 Å². The van der Waals surface area contributed by atoms with Gasteiger partial charge in [-0.2, -0.15) is 13.6 Å². The Morgan fingerprint density at radius 3 is 2.42 bits per heavy atom. The molecule has 1 saturated heterocycles. The average molecular weight is 559 g/mol. The van der Waals surface area contributed by atoms with E-state index in [1.807, 2.05) is 5.38 Å². The summed E-state index contributed by atoms with van der Waals surface area (Å²) in [6.45, 7) is -1.15. The maximum absolute atomic E-state index is 13.8. The fourth-order valence-electron chi connectivity index (χ4n) is 2.55. The molecule has 3 unspecified atom stereocenters. The number of nitrogens with two attached hydrogens (primary N) is 2. The largest absolute Gasteiger partial charge is 0.490 e. The van der Waals surface area contributed by atoms with E-state index in [4.69, 9.17) is 42.5 Å². The van der Waals surface area contributed by atoms with E-state index in [9.17, 15) is 32.9 Å². The van der Waals surface area contributed by atoms with Gasteiger partial charge in [0.15, 0.2) is 23.4 Å². The van der Waals surface area contributed by atoms with Gasteiger partial charge >= 0.3 is 29.2 Å². The molecule has 22 heteroatoms. The van der Waals surface area contributed by atoms with Gasteiger partial charge in [-0.1, -0.05) is 5.92 Å². The molecule has 6 atom stereocenters. The number of rotatable bonds is 8. The van der Waals surface area contributed by atoms with Crippen LogP contribution < -0.4 is 17.2 Å². The van der Waals surface area contributed by atoms with Crippen molar-refractivity contribution in [3.8, 4) is 11.3 Å². The summed E-state index contributed by atoms with van der Waals surface area (Å²) < 4.78 is 64.9. The molecule has 1 aliphatic heterocycles. The normalized spacial score (nSPS) is 29.0. The van der Waals surface area contributed by atoms with Gasteiger partial charge in [-0.15, -0.1) is 0 Å². The number of aliphatic hydroxyl groups is 1. The molecule has 9 N–H and O–H groups in total. The predicted octanol–water partition coefficient (Wildman–Crippen LogP) is -1.54. The third kappa shape index (κ3) is 6.89. The molecule has 0 aromatic carbocycles. The van der Waals surface area contributed by atoms with Gasteiger partial charge < -0.3 is 40.9 Å². The van der Waals surface area contributed by atoms with Gasteiger partial charge in [0, 0.05) is 5.38 Å². The smallest absolute Gasteiger partial charge is 0.387 e. The SMILES string of the molecule is Nc1nc(=O)n([C@@H]2O[C@H](COP(=O)(O)OP(=O)(O)OP(=O)(O)O)[C@H](O)C2(N)C#CCl)cc1F. The highest BCUT2D eigenvalue weighted by Gasteiger charge is 2.55. The van der Waals surface area contributed by atoms with Gasteiger partial charge in [0.1, 0.15) is 12.2 Å². The Morgan fingerprint density at radius 1 is 1.27 bits per heavy atom. The molecule has 1 aromatic heterocycles. The van der Waals surface area contributed by atoms with E-state index < -0.39 is 71.4 Å². The first-order chi connectivity index (χ1) is 14.9. The number of halogens is 2. The van der Waals surface area contributed by atoms with E-state index in [1.165, 1.54) is 0 Å². The van der Waals surface area contributed by atoms with Crippen LogP contribution in [-0.4, -0.2) is 58.6 Å². The van der Waals surface area contributed by atoms with Gasteiger partial charge in [-0.05, 0) is 11.6 Å². The van der Waals surface area contributed by atoms with E-state index in [-0.39, 0.29) is 0 Å². The lowest BCUT2D eigenvalue weighted by molar-refractivity contribution is -0.0470. The van der Waals surface area contributed by atoms with Crippen molar-refractivity contribution < 1.29 is 60.6 Å². The van der Waals surface area contributed by atoms with Crippen LogP contribution in [0.3, 0.4) is 0 Å². The molecule has 33 heavy (non-hydrogen) atoms. The molecule has 2 rings (SSSR count). The van der Waals surface area contributed by atoms with Crippen LogP contribution >= 0.6 is 35.1 Å². The molecule has 0 amide bonds. The Bertz CT molecular complexity index is 1180. The number of anilines is 1. The zero-order chi connectivity index (χ0) is 25.4. The minimum atomic E-state index is -5.80. The van der Waals surface area contributed by atoms with Gasteiger partial charge in [0.2, 0.25) is 0 Å². The van der Waals surface area contributed by atoms with E-state index in [0.717, 1.165) is 0 Å². The molecule has 0 bridgehead atoms. The highest BCUT2D eigenvalue weighted by molar-refractivity contribution is 7.66. The zero-order valence-electron chi connectivity index (χ0n) is 15.7. The Kier molecular flexibility index (Phi) is 8.30. The predicted molar refractivity (Wildman–Crippen MR) is 103 cm³/mol. The van der Waals surface area contributed by atoms with Crippen LogP contribution in [0.1, 0.15) is 6.23 Å². The lowest BCUT2D eigenvalue weighted by Crippen LogP contribution is -2.55. The molecule has 2 heterocycles. The third-order valence-corrected chi connectivity index (χ3v) is 7.72. The summed E-state index contributed by atoms with van der Waals surface area (Å²) >= 11 is 5.33. The molecule has 0 saturated carbocycles. The standard InChI is InChI=1S/C11H15ClFN4O13P3/c12-2-1-11(15)7(18)6(28-9(11)17-3-5(13)8(14)16-10(17)19)4-27-32(23,24)30-33(25,26)29-31(20,21)22/h3,6-7,9,18H,4,15H2,(H,23,24)(H,25,26)(H2,14,16,19)(H2,20,21,22)/t6-,7+,9-,11?/m1/s1. The molecule has 1 aliphatic rings. The lowest BCUT2D eigenvalue weighted by Gasteiger charge is -2.27. The van der Waals surface area contributed by atoms with Gasteiger partial charge in [0.25, 0.3) is 0 Å². The molecule has 17 nitrogen and oxygen atoms in total. The maximum atomic E-state index is 13.8. The number of aliphatic hydroxyl groups excluding tert-OH is 1. The molecule has 1 fully saturated rings. The van der Waals surface area contributed by atoms with Gasteiger partial charge in [-0.3, -0.25) is 9.09 Å². The number of hydrogen-bond acceptors (Lipinski definition) is 12. The fourth-order valence-corrected chi connectivity index (χ4v) is 5.74. The van der Waals surface area contributed by atoms with Crippen molar-refractivity contribution in [2.75, 3.05) is 12.3 Å². The van der Waals surface area contributed by atoms with E-state index in [0.29, 0.717) is 10.8 Å². The second-order valence-electron chi connectivity index (χ2n) is 6.17. The second kappa shape index (κ2) is 9.78. The van der Waals surface area contributed by atoms with Crippen LogP contribution in [0.25, 0.3) is 0 Å². The number of hydrogen-bond donors (Lipinski definition) is 7. The van der Waals surface area contributed by atoms with Crippen molar-refractivity contribution in [1.82, 2.24) is 9.55 Å². The Morgan fingerprint density at radius 2 is 1.88 bits per heavy atom. The first-order valence-corrected chi connectivity index (χ1v) is 12.9. The number of phosphoric acid groups is 3. The molecular formula is C11H15ClFN4O13P3.